The Bertz CT molecular complexity index is 591. The Morgan fingerprint density at radius 1 is 1.10 bits per heavy atom. The van der Waals surface area contributed by atoms with Gasteiger partial charge in [-0.15, -0.1) is 0 Å². The standard InChI is InChI=1S/C17H19ClO2/c1-4-20-14-7-5-13(6-8-14)17(19)15-9-12(3)16(18)10-11(15)2/h5-10,17,19H,4H2,1-3H3. The molecule has 0 amide bonds. The Labute approximate surface area is 125 Å². The van der Waals surface area contributed by atoms with Gasteiger partial charge in [-0.05, 0) is 61.2 Å². The predicted molar refractivity (Wildman–Crippen MR) is 82.6 cm³/mol. The summed E-state index contributed by atoms with van der Waals surface area (Å²) < 4.78 is 5.41. The summed E-state index contributed by atoms with van der Waals surface area (Å²) in [6.07, 6.45) is -0.651. The van der Waals surface area contributed by atoms with Crippen molar-refractivity contribution in [2.75, 3.05) is 6.61 Å². The first-order valence-corrected chi connectivity index (χ1v) is 7.08. The van der Waals surface area contributed by atoms with E-state index in [4.69, 9.17) is 16.3 Å². The minimum atomic E-state index is -0.651. The van der Waals surface area contributed by atoms with E-state index in [1.54, 1.807) is 0 Å². The lowest BCUT2D eigenvalue weighted by Crippen LogP contribution is -2.03. The van der Waals surface area contributed by atoms with Gasteiger partial charge in [0.15, 0.2) is 0 Å². The van der Waals surface area contributed by atoms with Crippen LogP contribution in [0.15, 0.2) is 36.4 Å². The van der Waals surface area contributed by atoms with E-state index in [-0.39, 0.29) is 0 Å². The van der Waals surface area contributed by atoms with Gasteiger partial charge >= 0.3 is 0 Å². The molecule has 2 aromatic rings. The lowest BCUT2D eigenvalue weighted by Gasteiger charge is -2.16. The maximum Gasteiger partial charge on any atom is 0.119 e. The molecule has 0 bridgehead atoms. The lowest BCUT2D eigenvalue weighted by atomic mass is 9.96. The first-order valence-electron chi connectivity index (χ1n) is 6.70. The molecule has 20 heavy (non-hydrogen) atoms. The monoisotopic (exact) mass is 290 g/mol. The number of hydrogen-bond donors (Lipinski definition) is 1. The van der Waals surface area contributed by atoms with Crippen LogP contribution in [-0.4, -0.2) is 11.7 Å². The minimum absolute atomic E-state index is 0.636. The van der Waals surface area contributed by atoms with Crippen molar-refractivity contribution >= 4 is 11.6 Å². The average molecular weight is 291 g/mol. The highest BCUT2D eigenvalue weighted by Crippen LogP contribution is 2.29. The Kier molecular flexibility index (Phi) is 4.69. The summed E-state index contributed by atoms with van der Waals surface area (Å²) in [6, 6.07) is 11.4. The summed E-state index contributed by atoms with van der Waals surface area (Å²) in [5, 5.41) is 11.3. The zero-order chi connectivity index (χ0) is 14.7. The normalized spacial score (nSPS) is 12.2. The van der Waals surface area contributed by atoms with E-state index in [1.165, 1.54) is 0 Å². The molecule has 1 atom stereocenters. The summed E-state index contributed by atoms with van der Waals surface area (Å²) in [5.74, 6) is 0.812. The number of benzene rings is 2. The van der Waals surface area contributed by atoms with Crippen molar-refractivity contribution < 1.29 is 9.84 Å². The van der Waals surface area contributed by atoms with Crippen LogP contribution >= 0.6 is 11.6 Å². The Morgan fingerprint density at radius 3 is 2.35 bits per heavy atom. The topological polar surface area (TPSA) is 29.5 Å². The summed E-state index contributed by atoms with van der Waals surface area (Å²) in [5.41, 5.74) is 3.69. The van der Waals surface area contributed by atoms with Gasteiger partial charge in [0.25, 0.3) is 0 Å². The fourth-order valence-corrected chi connectivity index (χ4v) is 2.41. The van der Waals surface area contributed by atoms with Gasteiger partial charge in [-0.1, -0.05) is 29.8 Å². The fourth-order valence-electron chi connectivity index (χ4n) is 2.19. The fraction of sp³-hybridized carbons (Fsp3) is 0.294. The van der Waals surface area contributed by atoms with Gasteiger partial charge in [-0.25, -0.2) is 0 Å². The number of aryl methyl sites for hydroxylation is 2. The molecule has 1 N–H and O–H groups in total. The quantitative estimate of drug-likeness (QED) is 0.902. The van der Waals surface area contributed by atoms with E-state index in [0.717, 1.165) is 33.0 Å². The first kappa shape index (κ1) is 14.9. The van der Waals surface area contributed by atoms with Crippen molar-refractivity contribution in [2.45, 2.75) is 26.9 Å². The largest absolute Gasteiger partial charge is 0.494 e. The van der Waals surface area contributed by atoms with Crippen molar-refractivity contribution in [2.24, 2.45) is 0 Å². The van der Waals surface area contributed by atoms with Crippen LogP contribution in [0, 0.1) is 13.8 Å². The molecule has 0 heterocycles. The number of ether oxygens (including phenoxy) is 1. The Morgan fingerprint density at radius 2 is 1.75 bits per heavy atom. The summed E-state index contributed by atoms with van der Waals surface area (Å²) in [6.45, 7) is 6.48. The maximum atomic E-state index is 10.5. The van der Waals surface area contributed by atoms with Gasteiger partial charge in [0.05, 0.1) is 6.61 Å². The molecule has 0 fully saturated rings. The van der Waals surface area contributed by atoms with Crippen LogP contribution in [0.5, 0.6) is 5.75 Å². The van der Waals surface area contributed by atoms with Gasteiger partial charge in [0, 0.05) is 5.02 Å². The van der Waals surface area contributed by atoms with Crippen LogP contribution in [0.2, 0.25) is 5.02 Å². The molecule has 2 aromatic carbocycles. The predicted octanol–water partition coefficient (Wildman–Crippen LogP) is 4.44. The number of hydrogen-bond acceptors (Lipinski definition) is 2. The van der Waals surface area contributed by atoms with Crippen LogP contribution in [0.4, 0.5) is 0 Å². The van der Waals surface area contributed by atoms with Gasteiger partial charge < -0.3 is 9.84 Å². The van der Waals surface area contributed by atoms with E-state index in [0.29, 0.717) is 6.61 Å². The van der Waals surface area contributed by atoms with Crippen molar-refractivity contribution in [3.63, 3.8) is 0 Å². The molecule has 1 unspecified atom stereocenters. The van der Waals surface area contributed by atoms with E-state index in [2.05, 4.69) is 0 Å². The van der Waals surface area contributed by atoms with Crippen molar-refractivity contribution in [1.29, 1.82) is 0 Å². The average Bonchev–Trinajstić information content (AvgIpc) is 2.43. The van der Waals surface area contributed by atoms with Gasteiger partial charge in [0.1, 0.15) is 11.9 Å². The molecular weight excluding hydrogens is 272 g/mol. The lowest BCUT2D eigenvalue weighted by molar-refractivity contribution is 0.219. The molecule has 0 aromatic heterocycles. The highest BCUT2D eigenvalue weighted by Gasteiger charge is 2.14. The second-order valence-corrected chi connectivity index (χ2v) is 5.27. The summed E-state index contributed by atoms with van der Waals surface area (Å²) in [7, 11) is 0. The third kappa shape index (κ3) is 3.14. The highest BCUT2D eigenvalue weighted by molar-refractivity contribution is 6.31. The Balaban J connectivity index is 2.31. The number of halogens is 1. The molecular formula is C17H19ClO2. The second-order valence-electron chi connectivity index (χ2n) is 4.86. The molecule has 2 rings (SSSR count). The van der Waals surface area contributed by atoms with E-state index in [9.17, 15) is 5.11 Å². The summed E-state index contributed by atoms with van der Waals surface area (Å²) >= 11 is 6.09. The van der Waals surface area contributed by atoms with Crippen LogP contribution < -0.4 is 4.74 Å². The zero-order valence-electron chi connectivity index (χ0n) is 12.0. The number of aliphatic hydroxyl groups is 1. The van der Waals surface area contributed by atoms with Crippen LogP contribution in [0.3, 0.4) is 0 Å². The van der Waals surface area contributed by atoms with Gasteiger partial charge in [-0.3, -0.25) is 0 Å². The van der Waals surface area contributed by atoms with Crippen molar-refractivity contribution in [1.82, 2.24) is 0 Å². The number of rotatable bonds is 4. The SMILES string of the molecule is CCOc1ccc(C(O)c2cc(C)c(Cl)cc2C)cc1. The molecule has 0 radical (unpaired) electrons. The van der Waals surface area contributed by atoms with E-state index < -0.39 is 6.10 Å². The number of aliphatic hydroxyl groups excluding tert-OH is 1. The second kappa shape index (κ2) is 6.29. The van der Waals surface area contributed by atoms with Crippen LogP contribution in [0.25, 0.3) is 0 Å². The summed E-state index contributed by atoms with van der Waals surface area (Å²) in [4.78, 5) is 0. The first-order chi connectivity index (χ1) is 9.52. The Hall–Kier alpha value is -1.51. The van der Waals surface area contributed by atoms with Crippen molar-refractivity contribution in [3.05, 3.63) is 63.7 Å². The molecule has 0 aliphatic carbocycles. The molecule has 3 heteroatoms. The maximum absolute atomic E-state index is 10.5. The smallest absolute Gasteiger partial charge is 0.119 e. The molecule has 0 saturated heterocycles. The van der Waals surface area contributed by atoms with E-state index >= 15 is 0 Å². The molecule has 0 spiro atoms. The van der Waals surface area contributed by atoms with E-state index in [1.807, 2.05) is 57.2 Å². The van der Waals surface area contributed by atoms with Crippen LogP contribution in [-0.2, 0) is 0 Å². The van der Waals surface area contributed by atoms with Gasteiger partial charge in [-0.2, -0.15) is 0 Å². The molecule has 2 nitrogen and oxygen atoms in total. The molecule has 0 aliphatic heterocycles. The zero-order valence-corrected chi connectivity index (χ0v) is 12.7. The third-order valence-electron chi connectivity index (χ3n) is 3.35. The third-order valence-corrected chi connectivity index (χ3v) is 3.76. The molecule has 106 valence electrons. The van der Waals surface area contributed by atoms with Crippen LogP contribution in [0.1, 0.15) is 35.3 Å². The highest BCUT2D eigenvalue weighted by atomic mass is 35.5. The minimum Gasteiger partial charge on any atom is -0.494 e. The molecule has 0 saturated carbocycles. The molecule has 0 aliphatic rings. The van der Waals surface area contributed by atoms with Crippen molar-refractivity contribution in [3.8, 4) is 5.75 Å². The van der Waals surface area contributed by atoms with Gasteiger partial charge in [0.2, 0.25) is 0 Å².